The van der Waals surface area contributed by atoms with E-state index in [1.165, 1.54) is 80.7 Å². The molecule has 0 saturated carbocycles. The molecule has 0 aliphatic heterocycles. The minimum atomic E-state index is -0.503. The van der Waals surface area contributed by atoms with Gasteiger partial charge >= 0.3 is 5.97 Å². The first-order valence-corrected chi connectivity index (χ1v) is 15.5. The number of esters is 1. The molecule has 40 heavy (non-hydrogen) atoms. The van der Waals surface area contributed by atoms with Gasteiger partial charge in [0, 0.05) is 11.1 Å². The Hall–Kier alpha value is -2.12. The summed E-state index contributed by atoms with van der Waals surface area (Å²) in [6.07, 6.45) is 14.8. The van der Waals surface area contributed by atoms with Crippen molar-refractivity contribution in [2.75, 3.05) is 11.9 Å². The van der Waals surface area contributed by atoms with Gasteiger partial charge in [-0.1, -0.05) is 124 Å². The van der Waals surface area contributed by atoms with E-state index in [1.54, 1.807) is 18.2 Å². The van der Waals surface area contributed by atoms with Crippen molar-refractivity contribution >= 4 is 63.9 Å². The number of unbranched alkanes of at least 4 members (excludes halogenated alkanes) is 11. The summed E-state index contributed by atoms with van der Waals surface area (Å²) in [5.74, 6) is -0.135. The Bertz CT molecular complexity index is 1280. The molecule has 218 valence electrons. The molecule has 3 aromatic rings. The van der Waals surface area contributed by atoms with E-state index in [9.17, 15) is 9.59 Å². The second-order valence-corrected chi connectivity index (χ2v) is 11.6. The van der Waals surface area contributed by atoms with Gasteiger partial charge in [0.1, 0.15) is 11.5 Å². The number of nitrogens with zero attached hydrogens (tertiary/aromatic N) is 1. The minimum absolute atomic E-state index is 0.129. The number of hydrogen-bond donors (Lipinski definition) is 2. The molecule has 1 heterocycles. The van der Waals surface area contributed by atoms with E-state index in [4.69, 9.17) is 51.1 Å². The third-order valence-corrected chi connectivity index (χ3v) is 7.75. The van der Waals surface area contributed by atoms with Gasteiger partial charge in [-0.15, -0.1) is 0 Å². The molecule has 0 atom stereocenters. The molecule has 0 amide bonds. The predicted molar refractivity (Wildman–Crippen MR) is 168 cm³/mol. The number of hydrogen-bond acceptors (Lipinski definition) is 4. The highest BCUT2D eigenvalue weighted by atomic mass is 35.5. The molecule has 0 unspecified atom stereocenters. The first kappa shape index (κ1) is 32.4. The van der Waals surface area contributed by atoms with E-state index in [0.29, 0.717) is 28.2 Å². The van der Waals surface area contributed by atoms with Crippen LogP contribution in [-0.4, -0.2) is 22.4 Å². The molecule has 0 aliphatic rings. The number of rotatable bonds is 17. The molecule has 0 spiro atoms. The molecular weight excluding hydrogens is 592 g/mol. The van der Waals surface area contributed by atoms with Gasteiger partial charge in [-0.25, -0.2) is 9.48 Å². The maximum atomic E-state index is 12.7. The van der Waals surface area contributed by atoms with Crippen LogP contribution >= 0.6 is 46.4 Å². The molecule has 0 bridgehead atoms. The molecule has 0 saturated heterocycles. The second kappa shape index (κ2) is 17.0. The largest absolute Gasteiger partial charge is 0.462 e. The molecular formula is C30H37Cl4N3O3. The molecule has 0 aliphatic carbocycles. The van der Waals surface area contributed by atoms with E-state index in [1.807, 2.05) is 0 Å². The molecule has 2 aromatic carbocycles. The van der Waals surface area contributed by atoms with Gasteiger partial charge in [0.2, 0.25) is 0 Å². The number of anilines is 2. The van der Waals surface area contributed by atoms with E-state index >= 15 is 0 Å². The van der Waals surface area contributed by atoms with Crippen LogP contribution in [0.5, 0.6) is 0 Å². The van der Waals surface area contributed by atoms with Crippen molar-refractivity contribution < 1.29 is 9.53 Å². The predicted octanol–water partition coefficient (Wildman–Crippen LogP) is 10.4. The third kappa shape index (κ3) is 10.1. The standard InChI is InChI=1S/C30H37Cl4N3O3/c1-2-3-4-5-6-7-8-9-10-11-12-13-16-40-30(39)21-17-24(33)29(25(34)18-21)37-28(38)20-27(36-37)35-26-15-14-22(31)19-23(26)32/h14-15,17-20,35-36H,2-13,16H2,1H3. The Morgan fingerprint density at radius 2 is 1.38 bits per heavy atom. The molecule has 0 fully saturated rings. The number of carbonyl (C=O) groups excluding carboxylic acids is 1. The highest BCUT2D eigenvalue weighted by molar-refractivity contribution is 6.38. The zero-order valence-corrected chi connectivity index (χ0v) is 25.9. The van der Waals surface area contributed by atoms with Crippen molar-refractivity contribution in [3.63, 3.8) is 0 Å². The monoisotopic (exact) mass is 627 g/mol. The van der Waals surface area contributed by atoms with Gasteiger partial charge in [-0.2, -0.15) is 0 Å². The van der Waals surface area contributed by atoms with E-state index < -0.39 is 11.5 Å². The van der Waals surface area contributed by atoms with Crippen LogP contribution in [0.25, 0.3) is 5.69 Å². The summed E-state index contributed by atoms with van der Waals surface area (Å²) in [6.45, 7) is 2.58. The Morgan fingerprint density at radius 3 is 1.95 bits per heavy atom. The van der Waals surface area contributed by atoms with Gasteiger partial charge in [0.25, 0.3) is 5.56 Å². The Morgan fingerprint density at radius 1 is 0.800 bits per heavy atom. The molecule has 1 aromatic heterocycles. The summed E-state index contributed by atoms with van der Waals surface area (Å²) in [4.78, 5) is 25.3. The van der Waals surface area contributed by atoms with Crippen LogP contribution in [0, 0.1) is 0 Å². The van der Waals surface area contributed by atoms with Crippen LogP contribution in [-0.2, 0) is 4.74 Å². The number of aromatic nitrogens is 2. The summed E-state index contributed by atoms with van der Waals surface area (Å²) in [5.41, 5.74) is 0.603. The highest BCUT2D eigenvalue weighted by Crippen LogP contribution is 2.31. The fourth-order valence-corrected chi connectivity index (χ4v) is 5.56. The number of ether oxygens (including phenoxy) is 1. The Balaban J connectivity index is 1.45. The maximum absolute atomic E-state index is 12.7. The quantitative estimate of drug-likeness (QED) is 0.115. The first-order chi connectivity index (χ1) is 19.3. The lowest BCUT2D eigenvalue weighted by Crippen LogP contribution is -2.15. The first-order valence-electron chi connectivity index (χ1n) is 14.0. The van der Waals surface area contributed by atoms with Crippen LogP contribution in [0.2, 0.25) is 20.1 Å². The van der Waals surface area contributed by atoms with Crippen molar-refractivity contribution in [2.24, 2.45) is 0 Å². The Kier molecular flexibility index (Phi) is 13.8. The average molecular weight is 629 g/mol. The van der Waals surface area contributed by atoms with E-state index in [2.05, 4.69) is 17.3 Å². The van der Waals surface area contributed by atoms with Gasteiger partial charge in [-0.3, -0.25) is 9.89 Å². The van der Waals surface area contributed by atoms with Crippen LogP contribution in [0.15, 0.2) is 41.2 Å². The topological polar surface area (TPSA) is 76.1 Å². The SMILES string of the molecule is CCCCCCCCCCCCCCOC(=O)c1cc(Cl)c(-n2[nH]c(Nc3ccc(Cl)cc3Cl)cc2=O)c(Cl)c1. The number of halogens is 4. The minimum Gasteiger partial charge on any atom is -0.462 e. The van der Waals surface area contributed by atoms with Crippen LogP contribution in [0.1, 0.15) is 94.3 Å². The summed E-state index contributed by atoms with van der Waals surface area (Å²) in [5, 5.41) is 7.09. The maximum Gasteiger partial charge on any atom is 0.338 e. The van der Waals surface area contributed by atoms with Crippen molar-refractivity contribution in [3.05, 3.63) is 72.4 Å². The van der Waals surface area contributed by atoms with E-state index in [-0.39, 0.29) is 21.3 Å². The molecule has 6 nitrogen and oxygen atoms in total. The van der Waals surface area contributed by atoms with Gasteiger partial charge in [-0.05, 0) is 36.8 Å². The van der Waals surface area contributed by atoms with Gasteiger partial charge < -0.3 is 10.1 Å². The smallest absolute Gasteiger partial charge is 0.338 e. The summed E-state index contributed by atoms with van der Waals surface area (Å²) >= 11 is 25.1. The zero-order valence-electron chi connectivity index (χ0n) is 22.8. The Labute approximate surface area is 256 Å². The average Bonchev–Trinajstić information content (AvgIpc) is 3.27. The van der Waals surface area contributed by atoms with Gasteiger partial charge in [0.15, 0.2) is 0 Å². The highest BCUT2D eigenvalue weighted by Gasteiger charge is 2.18. The van der Waals surface area contributed by atoms with Crippen LogP contribution in [0.3, 0.4) is 0 Å². The summed E-state index contributed by atoms with van der Waals surface area (Å²) < 4.78 is 6.62. The number of carbonyl (C=O) groups is 1. The lowest BCUT2D eigenvalue weighted by Gasteiger charge is -2.11. The van der Waals surface area contributed by atoms with E-state index in [0.717, 1.165) is 19.3 Å². The van der Waals surface area contributed by atoms with Crippen molar-refractivity contribution in [1.29, 1.82) is 0 Å². The molecule has 10 heteroatoms. The van der Waals surface area contributed by atoms with Crippen molar-refractivity contribution in [2.45, 2.75) is 84.0 Å². The number of H-pyrrole nitrogens is 1. The lowest BCUT2D eigenvalue weighted by molar-refractivity contribution is 0.0497. The number of nitrogens with one attached hydrogen (secondary N) is 2. The van der Waals surface area contributed by atoms with Crippen molar-refractivity contribution in [1.82, 2.24) is 9.78 Å². The summed E-state index contributed by atoms with van der Waals surface area (Å²) in [6, 6.07) is 9.19. The second-order valence-electron chi connectivity index (χ2n) is 9.91. The lowest BCUT2D eigenvalue weighted by atomic mass is 10.1. The fourth-order valence-electron chi connectivity index (χ4n) is 4.45. The number of benzene rings is 2. The van der Waals surface area contributed by atoms with Crippen molar-refractivity contribution in [3.8, 4) is 5.69 Å². The zero-order chi connectivity index (χ0) is 28.9. The normalized spacial score (nSPS) is 11.1. The molecule has 2 N–H and O–H groups in total. The fraction of sp³-hybridized carbons (Fsp3) is 0.467. The van der Waals surface area contributed by atoms with Crippen LogP contribution < -0.4 is 10.9 Å². The molecule has 3 rings (SSSR count). The summed E-state index contributed by atoms with van der Waals surface area (Å²) in [7, 11) is 0. The van der Waals surface area contributed by atoms with Gasteiger partial charge in [0.05, 0.1) is 32.9 Å². The number of aromatic amines is 1. The van der Waals surface area contributed by atoms with Crippen LogP contribution in [0.4, 0.5) is 11.5 Å². The molecule has 0 radical (unpaired) electrons. The third-order valence-electron chi connectivity index (χ3n) is 6.63.